The summed E-state index contributed by atoms with van der Waals surface area (Å²) in [7, 11) is 0. The van der Waals surface area contributed by atoms with Gasteiger partial charge in [0, 0.05) is 17.9 Å². The van der Waals surface area contributed by atoms with Crippen LogP contribution in [0.5, 0.6) is 0 Å². The van der Waals surface area contributed by atoms with Crippen molar-refractivity contribution in [3.63, 3.8) is 0 Å². The number of hydrogen-bond donors (Lipinski definition) is 0. The molecule has 0 saturated carbocycles. The highest BCUT2D eigenvalue weighted by molar-refractivity contribution is 5.40. The van der Waals surface area contributed by atoms with Gasteiger partial charge in [-0.15, -0.1) is 0 Å². The van der Waals surface area contributed by atoms with Gasteiger partial charge in [0.1, 0.15) is 6.26 Å². The van der Waals surface area contributed by atoms with Crippen LogP contribution in [0.1, 0.15) is 37.4 Å². The molecule has 1 aromatic heterocycles. The van der Waals surface area contributed by atoms with Gasteiger partial charge in [-0.05, 0) is 12.3 Å². The molecule has 1 atom stereocenters. The van der Waals surface area contributed by atoms with Crippen molar-refractivity contribution in [2.24, 2.45) is 11.3 Å². The van der Waals surface area contributed by atoms with Gasteiger partial charge in [0.25, 0.3) is 0 Å². The lowest BCUT2D eigenvalue weighted by molar-refractivity contribution is 0.334. The molecular formula is C12H13N3O. The molecule has 16 heavy (non-hydrogen) atoms. The van der Waals surface area contributed by atoms with Crippen molar-refractivity contribution in [2.75, 3.05) is 0 Å². The molecule has 0 amide bonds. The van der Waals surface area contributed by atoms with Crippen LogP contribution in [-0.4, -0.2) is 5.16 Å². The number of nitriles is 2. The minimum atomic E-state index is -0.946. The first-order valence-corrected chi connectivity index (χ1v) is 5.38. The summed E-state index contributed by atoms with van der Waals surface area (Å²) in [6.45, 7) is 4.16. The summed E-state index contributed by atoms with van der Waals surface area (Å²) in [6, 6.07) is 4.35. The highest BCUT2D eigenvalue weighted by Crippen LogP contribution is 2.48. The third-order valence-corrected chi connectivity index (χ3v) is 3.18. The average molecular weight is 215 g/mol. The van der Waals surface area contributed by atoms with Crippen LogP contribution in [0.25, 0.3) is 0 Å². The molecule has 0 bridgehead atoms. The predicted octanol–water partition coefficient (Wildman–Crippen LogP) is 2.39. The number of fused-ring (bicyclic) bond motifs is 1. The highest BCUT2D eigenvalue weighted by Gasteiger charge is 2.49. The maximum atomic E-state index is 9.26. The van der Waals surface area contributed by atoms with Crippen LogP contribution in [0.2, 0.25) is 0 Å². The first kappa shape index (κ1) is 10.7. The molecule has 2 rings (SSSR count). The predicted molar refractivity (Wildman–Crippen MR) is 56.1 cm³/mol. The summed E-state index contributed by atoms with van der Waals surface area (Å²) in [5, 5.41) is 22.5. The monoisotopic (exact) mass is 215 g/mol. The molecule has 4 heteroatoms. The largest absolute Gasteiger partial charge is 0.364 e. The third-order valence-electron chi connectivity index (χ3n) is 3.18. The van der Waals surface area contributed by atoms with Gasteiger partial charge >= 0.3 is 0 Å². The van der Waals surface area contributed by atoms with E-state index in [4.69, 9.17) is 4.52 Å². The zero-order valence-corrected chi connectivity index (χ0v) is 9.40. The van der Waals surface area contributed by atoms with E-state index >= 15 is 0 Å². The fraction of sp³-hybridized carbons (Fsp3) is 0.583. The average Bonchev–Trinajstić information content (AvgIpc) is 2.79. The van der Waals surface area contributed by atoms with Gasteiger partial charge in [0.15, 0.2) is 5.41 Å². The van der Waals surface area contributed by atoms with Crippen molar-refractivity contribution in [2.45, 2.75) is 32.6 Å². The first-order chi connectivity index (χ1) is 7.63. The van der Waals surface area contributed by atoms with E-state index in [0.29, 0.717) is 12.3 Å². The summed E-state index contributed by atoms with van der Waals surface area (Å²) >= 11 is 0. The van der Waals surface area contributed by atoms with E-state index in [1.165, 1.54) is 0 Å². The van der Waals surface area contributed by atoms with Crippen LogP contribution in [0, 0.1) is 34.0 Å². The summed E-state index contributed by atoms with van der Waals surface area (Å²) in [5.74, 6) is 0.310. The second kappa shape index (κ2) is 3.64. The molecule has 0 spiro atoms. The van der Waals surface area contributed by atoms with Crippen molar-refractivity contribution in [1.82, 2.24) is 5.16 Å². The van der Waals surface area contributed by atoms with E-state index in [0.717, 1.165) is 17.7 Å². The lowest BCUT2D eigenvalue weighted by Crippen LogP contribution is -2.24. The standard InChI is InChI=1S/C12H13N3O/c1-8(2)3-10-11-9(5-16-15-11)4-12(10,6-13)7-14/h5,8,10H,3-4H2,1-2H3. The molecule has 0 aromatic carbocycles. The molecule has 82 valence electrons. The van der Waals surface area contributed by atoms with E-state index in [1.54, 1.807) is 6.26 Å². The van der Waals surface area contributed by atoms with E-state index in [1.807, 2.05) is 0 Å². The Morgan fingerprint density at radius 3 is 2.81 bits per heavy atom. The van der Waals surface area contributed by atoms with Crippen molar-refractivity contribution in [3.05, 3.63) is 17.5 Å². The Labute approximate surface area is 94.5 Å². The van der Waals surface area contributed by atoms with Gasteiger partial charge in [-0.25, -0.2) is 0 Å². The zero-order chi connectivity index (χ0) is 11.8. The Bertz CT molecular complexity index is 461. The van der Waals surface area contributed by atoms with E-state index in [9.17, 15) is 10.5 Å². The number of aromatic nitrogens is 1. The summed E-state index contributed by atoms with van der Waals surface area (Å²) in [6.07, 6.45) is 2.79. The quantitative estimate of drug-likeness (QED) is 0.759. The Morgan fingerprint density at radius 1 is 1.56 bits per heavy atom. The minimum Gasteiger partial charge on any atom is -0.364 e. The Morgan fingerprint density at radius 2 is 2.25 bits per heavy atom. The molecule has 0 saturated heterocycles. The molecule has 4 nitrogen and oxygen atoms in total. The van der Waals surface area contributed by atoms with Crippen molar-refractivity contribution >= 4 is 0 Å². The fourth-order valence-corrected chi connectivity index (χ4v) is 2.39. The summed E-state index contributed by atoms with van der Waals surface area (Å²) in [4.78, 5) is 0. The van der Waals surface area contributed by atoms with Crippen LogP contribution in [0.15, 0.2) is 10.8 Å². The summed E-state index contributed by atoms with van der Waals surface area (Å²) < 4.78 is 4.91. The lowest BCUT2D eigenvalue weighted by Gasteiger charge is -2.22. The van der Waals surface area contributed by atoms with Crippen LogP contribution < -0.4 is 0 Å². The van der Waals surface area contributed by atoms with Gasteiger partial charge in [0.05, 0.1) is 17.8 Å². The van der Waals surface area contributed by atoms with Gasteiger partial charge in [-0.3, -0.25) is 0 Å². The molecule has 0 aliphatic heterocycles. The maximum Gasteiger partial charge on any atom is 0.156 e. The molecule has 0 radical (unpaired) electrons. The number of hydrogen-bond acceptors (Lipinski definition) is 4. The Balaban J connectivity index is 2.43. The SMILES string of the molecule is CC(C)CC1c2nocc2CC1(C#N)C#N. The molecule has 1 aliphatic carbocycles. The Kier molecular flexibility index (Phi) is 2.44. The third kappa shape index (κ3) is 1.39. The van der Waals surface area contributed by atoms with Crippen molar-refractivity contribution < 1.29 is 4.52 Å². The molecule has 1 unspecified atom stereocenters. The zero-order valence-electron chi connectivity index (χ0n) is 9.40. The normalized spacial score (nSPS) is 21.4. The minimum absolute atomic E-state index is 0.115. The Hall–Kier alpha value is -1.81. The number of nitrogens with zero attached hydrogens (tertiary/aromatic N) is 3. The van der Waals surface area contributed by atoms with E-state index in [-0.39, 0.29) is 5.92 Å². The molecule has 1 aliphatic rings. The molecule has 1 heterocycles. The molecular weight excluding hydrogens is 202 g/mol. The molecule has 0 N–H and O–H groups in total. The van der Waals surface area contributed by atoms with Crippen LogP contribution >= 0.6 is 0 Å². The number of rotatable bonds is 2. The van der Waals surface area contributed by atoms with Gasteiger partial charge < -0.3 is 4.52 Å². The van der Waals surface area contributed by atoms with Crippen LogP contribution in [0.3, 0.4) is 0 Å². The maximum absolute atomic E-state index is 9.26. The first-order valence-electron chi connectivity index (χ1n) is 5.38. The second-order valence-electron chi connectivity index (χ2n) is 4.78. The highest BCUT2D eigenvalue weighted by atomic mass is 16.5. The lowest BCUT2D eigenvalue weighted by atomic mass is 9.75. The van der Waals surface area contributed by atoms with Crippen LogP contribution in [-0.2, 0) is 6.42 Å². The molecule has 1 aromatic rings. The topological polar surface area (TPSA) is 73.6 Å². The second-order valence-corrected chi connectivity index (χ2v) is 4.78. The van der Waals surface area contributed by atoms with Gasteiger partial charge in [-0.1, -0.05) is 19.0 Å². The van der Waals surface area contributed by atoms with Crippen LogP contribution in [0.4, 0.5) is 0 Å². The van der Waals surface area contributed by atoms with E-state index in [2.05, 4.69) is 31.1 Å². The van der Waals surface area contributed by atoms with E-state index < -0.39 is 5.41 Å². The van der Waals surface area contributed by atoms with Crippen molar-refractivity contribution in [1.29, 1.82) is 10.5 Å². The van der Waals surface area contributed by atoms with Gasteiger partial charge in [-0.2, -0.15) is 10.5 Å². The molecule has 0 fully saturated rings. The van der Waals surface area contributed by atoms with Gasteiger partial charge in [0.2, 0.25) is 0 Å². The smallest absolute Gasteiger partial charge is 0.156 e. The fourth-order valence-electron chi connectivity index (χ4n) is 2.39. The van der Waals surface area contributed by atoms with Crippen molar-refractivity contribution in [3.8, 4) is 12.1 Å². The summed E-state index contributed by atoms with van der Waals surface area (Å²) in [5.41, 5.74) is 0.768.